The summed E-state index contributed by atoms with van der Waals surface area (Å²) in [6.45, 7) is -0.0661. The van der Waals surface area contributed by atoms with Gasteiger partial charge in [0.15, 0.2) is 0 Å². The number of aliphatic hydroxyl groups excluding tert-OH is 1. The van der Waals surface area contributed by atoms with E-state index in [0.717, 1.165) is 11.0 Å². The topological polar surface area (TPSA) is 45.5 Å². The molecular formula is C13H17F3N2O2. The van der Waals surface area contributed by atoms with Gasteiger partial charge in [-0.25, -0.2) is 0 Å². The zero-order valence-corrected chi connectivity index (χ0v) is 10.9. The second-order valence-electron chi connectivity index (χ2n) is 5.05. The molecule has 0 saturated carbocycles. The van der Waals surface area contributed by atoms with E-state index in [1.54, 1.807) is 4.90 Å². The third-order valence-corrected chi connectivity index (χ3v) is 3.51. The first-order valence-corrected chi connectivity index (χ1v) is 6.53. The molecule has 0 aromatic carbocycles. The number of hydrogen-bond donors (Lipinski definition) is 1. The van der Waals surface area contributed by atoms with Gasteiger partial charge in [-0.15, -0.1) is 0 Å². The summed E-state index contributed by atoms with van der Waals surface area (Å²) >= 11 is 0. The summed E-state index contributed by atoms with van der Waals surface area (Å²) in [7, 11) is 0. The van der Waals surface area contributed by atoms with E-state index in [1.165, 1.54) is 18.3 Å². The maximum atomic E-state index is 12.4. The minimum atomic E-state index is -4.35. The predicted molar refractivity (Wildman–Crippen MR) is 66.2 cm³/mol. The maximum Gasteiger partial charge on any atom is 0.406 e. The van der Waals surface area contributed by atoms with Gasteiger partial charge in [-0.05, 0) is 30.9 Å². The molecule has 7 heteroatoms. The molecule has 2 rings (SSSR count). The van der Waals surface area contributed by atoms with Crippen LogP contribution >= 0.6 is 0 Å². The van der Waals surface area contributed by atoms with E-state index in [-0.39, 0.29) is 24.1 Å². The largest absolute Gasteiger partial charge is 0.406 e. The van der Waals surface area contributed by atoms with Gasteiger partial charge in [-0.2, -0.15) is 13.2 Å². The standard InChI is InChI=1S/C13H17F3N2O2/c14-13(15,16)9-18-5-1-2-11(18)12(20)17-6-3-10(8-17)4-7-19/h1-2,5,10,19H,3-4,6-9H2. The lowest BCUT2D eigenvalue weighted by Gasteiger charge is -2.18. The van der Waals surface area contributed by atoms with Crippen LogP contribution in [0.2, 0.25) is 0 Å². The minimum absolute atomic E-state index is 0.0620. The first-order chi connectivity index (χ1) is 9.40. The Hall–Kier alpha value is -1.50. The van der Waals surface area contributed by atoms with Gasteiger partial charge in [0, 0.05) is 25.9 Å². The van der Waals surface area contributed by atoms with Crippen molar-refractivity contribution < 1.29 is 23.1 Å². The van der Waals surface area contributed by atoms with Crippen LogP contribution in [0.1, 0.15) is 23.3 Å². The lowest BCUT2D eigenvalue weighted by Crippen LogP contribution is -2.31. The third kappa shape index (κ3) is 3.53. The van der Waals surface area contributed by atoms with E-state index < -0.39 is 12.7 Å². The van der Waals surface area contributed by atoms with Crippen molar-refractivity contribution in [3.8, 4) is 0 Å². The number of nitrogens with zero attached hydrogens (tertiary/aromatic N) is 2. The van der Waals surface area contributed by atoms with Crippen molar-refractivity contribution in [3.05, 3.63) is 24.0 Å². The summed E-state index contributed by atoms with van der Waals surface area (Å²) < 4.78 is 38.2. The summed E-state index contributed by atoms with van der Waals surface area (Å²) in [5, 5.41) is 8.87. The summed E-state index contributed by atoms with van der Waals surface area (Å²) in [6, 6.07) is 2.85. The Kier molecular flexibility index (Phi) is 4.37. The first kappa shape index (κ1) is 14.9. The van der Waals surface area contributed by atoms with Crippen LogP contribution < -0.4 is 0 Å². The number of carbonyl (C=O) groups is 1. The maximum absolute atomic E-state index is 12.4. The summed E-state index contributed by atoms with van der Waals surface area (Å²) in [6.07, 6.45) is -1.68. The molecule has 112 valence electrons. The Morgan fingerprint density at radius 2 is 2.20 bits per heavy atom. The summed E-state index contributed by atoms with van der Waals surface area (Å²) in [5.41, 5.74) is 0.0620. The molecule has 1 atom stereocenters. The second kappa shape index (κ2) is 5.87. The van der Waals surface area contributed by atoms with Crippen molar-refractivity contribution in [2.45, 2.75) is 25.6 Å². The molecule has 1 aliphatic heterocycles. The second-order valence-corrected chi connectivity index (χ2v) is 5.05. The number of likely N-dealkylation sites (tertiary alicyclic amines) is 1. The minimum Gasteiger partial charge on any atom is -0.396 e. The third-order valence-electron chi connectivity index (χ3n) is 3.51. The van der Waals surface area contributed by atoms with Gasteiger partial charge in [0.25, 0.3) is 5.91 Å². The lowest BCUT2D eigenvalue weighted by molar-refractivity contribution is -0.140. The van der Waals surface area contributed by atoms with Crippen LogP contribution in [0.25, 0.3) is 0 Å². The molecule has 2 heterocycles. The van der Waals surface area contributed by atoms with Crippen LogP contribution in [0.4, 0.5) is 13.2 Å². The van der Waals surface area contributed by atoms with Crippen molar-refractivity contribution in [3.63, 3.8) is 0 Å². The van der Waals surface area contributed by atoms with Crippen molar-refractivity contribution in [2.75, 3.05) is 19.7 Å². The van der Waals surface area contributed by atoms with E-state index in [2.05, 4.69) is 0 Å². The Morgan fingerprint density at radius 1 is 1.45 bits per heavy atom. The number of halogens is 3. The average molecular weight is 290 g/mol. The van der Waals surface area contributed by atoms with E-state index in [1.807, 2.05) is 0 Å². The Morgan fingerprint density at radius 3 is 2.85 bits per heavy atom. The number of aliphatic hydroxyl groups is 1. The van der Waals surface area contributed by atoms with Crippen LogP contribution in [-0.2, 0) is 6.54 Å². The number of alkyl halides is 3. The highest BCUT2D eigenvalue weighted by atomic mass is 19.4. The van der Waals surface area contributed by atoms with E-state index in [0.29, 0.717) is 19.5 Å². The number of aromatic nitrogens is 1. The fraction of sp³-hybridized carbons (Fsp3) is 0.615. The molecule has 1 aromatic rings. The van der Waals surface area contributed by atoms with Gasteiger partial charge >= 0.3 is 6.18 Å². The number of amides is 1. The monoisotopic (exact) mass is 290 g/mol. The number of rotatable bonds is 4. The molecule has 4 nitrogen and oxygen atoms in total. The van der Waals surface area contributed by atoms with E-state index >= 15 is 0 Å². The first-order valence-electron chi connectivity index (χ1n) is 6.53. The van der Waals surface area contributed by atoms with Crippen molar-refractivity contribution in [1.82, 2.24) is 9.47 Å². The Balaban J connectivity index is 2.05. The predicted octanol–water partition coefficient (Wildman–Crippen LogP) is 1.89. The Labute approximate surface area is 114 Å². The molecule has 0 radical (unpaired) electrons. The molecule has 1 unspecified atom stereocenters. The van der Waals surface area contributed by atoms with E-state index in [4.69, 9.17) is 5.11 Å². The smallest absolute Gasteiger partial charge is 0.396 e. The highest BCUT2D eigenvalue weighted by Crippen LogP contribution is 2.23. The van der Waals surface area contributed by atoms with Gasteiger partial charge in [0.2, 0.25) is 0 Å². The highest BCUT2D eigenvalue weighted by molar-refractivity contribution is 5.93. The number of hydrogen-bond acceptors (Lipinski definition) is 2. The van der Waals surface area contributed by atoms with Gasteiger partial charge in [0.1, 0.15) is 12.2 Å². The molecule has 20 heavy (non-hydrogen) atoms. The van der Waals surface area contributed by atoms with Gasteiger partial charge < -0.3 is 14.6 Å². The molecule has 1 aromatic heterocycles. The normalized spacial score (nSPS) is 19.6. The van der Waals surface area contributed by atoms with Gasteiger partial charge in [-0.3, -0.25) is 4.79 Å². The average Bonchev–Trinajstić information content (AvgIpc) is 2.96. The lowest BCUT2D eigenvalue weighted by atomic mass is 10.1. The number of carbonyl (C=O) groups excluding carboxylic acids is 1. The molecule has 1 N–H and O–H groups in total. The fourth-order valence-electron chi connectivity index (χ4n) is 2.54. The van der Waals surface area contributed by atoms with Gasteiger partial charge in [0.05, 0.1) is 0 Å². The van der Waals surface area contributed by atoms with Crippen molar-refractivity contribution in [1.29, 1.82) is 0 Å². The SMILES string of the molecule is O=C(c1cccn1CC(F)(F)F)N1CCC(CCO)C1. The van der Waals surface area contributed by atoms with Crippen LogP contribution in [0.5, 0.6) is 0 Å². The van der Waals surface area contributed by atoms with Crippen molar-refractivity contribution >= 4 is 5.91 Å². The zero-order valence-electron chi connectivity index (χ0n) is 10.9. The Bertz CT molecular complexity index is 470. The molecule has 1 amide bonds. The summed E-state index contributed by atoms with van der Waals surface area (Å²) in [4.78, 5) is 13.8. The molecule has 1 fully saturated rings. The van der Waals surface area contributed by atoms with E-state index in [9.17, 15) is 18.0 Å². The molecule has 1 saturated heterocycles. The van der Waals surface area contributed by atoms with Gasteiger partial charge in [-0.1, -0.05) is 0 Å². The highest BCUT2D eigenvalue weighted by Gasteiger charge is 2.32. The molecular weight excluding hydrogens is 273 g/mol. The van der Waals surface area contributed by atoms with Crippen LogP contribution in [-0.4, -0.2) is 46.4 Å². The molecule has 0 bridgehead atoms. The van der Waals surface area contributed by atoms with Crippen LogP contribution in [0.15, 0.2) is 18.3 Å². The molecule has 1 aliphatic rings. The van der Waals surface area contributed by atoms with Crippen molar-refractivity contribution in [2.24, 2.45) is 5.92 Å². The van der Waals surface area contributed by atoms with Crippen LogP contribution in [0.3, 0.4) is 0 Å². The quantitative estimate of drug-likeness (QED) is 0.920. The molecule has 0 spiro atoms. The fourth-order valence-corrected chi connectivity index (χ4v) is 2.54. The van der Waals surface area contributed by atoms with Crippen LogP contribution in [0, 0.1) is 5.92 Å². The zero-order chi connectivity index (χ0) is 14.8. The molecule has 0 aliphatic carbocycles. The summed E-state index contributed by atoms with van der Waals surface area (Å²) in [5.74, 6) is -0.144.